The molecule has 0 amide bonds. The Morgan fingerprint density at radius 1 is 0.652 bits per heavy atom. The second-order valence-corrected chi connectivity index (χ2v) is 29.6. The molecule has 272 valence electrons. The van der Waals surface area contributed by atoms with Crippen molar-refractivity contribution in [3.05, 3.63) is 37.0 Å². The minimum Gasteiger partial charge on any atom is -0.460 e. The molecule has 0 unspecified atom stereocenters. The van der Waals surface area contributed by atoms with Crippen LogP contribution in [0.5, 0.6) is 0 Å². The fraction of sp³-hybridized carbons (Fsp3) is 0.765. The highest BCUT2D eigenvalue weighted by Crippen LogP contribution is 2.24. The van der Waals surface area contributed by atoms with Crippen molar-refractivity contribution < 1.29 is 36.8 Å². The van der Waals surface area contributed by atoms with E-state index in [4.69, 9.17) is 27.2 Å². The van der Waals surface area contributed by atoms with Crippen molar-refractivity contribution >= 4 is 45.9 Å². The van der Waals surface area contributed by atoms with Gasteiger partial charge in [-0.2, -0.15) is 0 Å². The van der Waals surface area contributed by atoms with E-state index in [1.807, 2.05) is 0 Å². The molecule has 0 aliphatic carbocycles. The van der Waals surface area contributed by atoms with Gasteiger partial charge in [0.1, 0.15) is 13.2 Å². The first-order valence-corrected chi connectivity index (χ1v) is 29.2. The van der Waals surface area contributed by atoms with Crippen molar-refractivity contribution in [2.24, 2.45) is 0 Å². The summed E-state index contributed by atoms with van der Waals surface area (Å²) in [5, 5.41) is 0. The van der Waals surface area contributed by atoms with Crippen molar-refractivity contribution in [1.29, 1.82) is 0 Å². The van der Waals surface area contributed by atoms with Crippen LogP contribution in [0, 0.1) is 0 Å². The first-order valence-electron chi connectivity index (χ1n) is 17.0. The predicted molar refractivity (Wildman–Crippen MR) is 206 cm³/mol. The predicted octanol–water partition coefficient (Wildman–Crippen LogP) is 9.04. The Morgan fingerprint density at radius 2 is 1.07 bits per heavy atom. The lowest BCUT2D eigenvalue weighted by Crippen LogP contribution is -2.44. The molecule has 0 atom stereocenters. The third-order valence-electron chi connectivity index (χ3n) is 6.29. The number of hydrogen-bond donors (Lipinski definition) is 0. The van der Waals surface area contributed by atoms with E-state index in [-0.39, 0.29) is 18.5 Å². The van der Waals surface area contributed by atoms with Crippen LogP contribution in [0.1, 0.15) is 59.8 Å². The molecule has 0 saturated carbocycles. The molecule has 46 heavy (non-hydrogen) atoms. The van der Waals surface area contributed by atoms with Gasteiger partial charge in [0.2, 0.25) is 0 Å². The standard InChI is InChI=1S/C17H36O4Si2.C9H14O3.C8H22OSi2/c1-8-9-14-22(4,5)21-23(6,7)15-10-11-19-12-13-20-17(18)16(2)3;1-4-5-11-6-7-12-9(10)8(2)3;1-6-7-8-11(4,5)9-10(2)3/h2,8-15H2,1,3-7H3;4H,1-2,5-7H2,3H3;10H,6-8H2,1-5H3. The van der Waals surface area contributed by atoms with Gasteiger partial charge in [-0.1, -0.05) is 58.8 Å². The van der Waals surface area contributed by atoms with Gasteiger partial charge in [-0.15, -0.1) is 6.58 Å². The molecule has 0 N–H and O–H groups in total. The Bertz CT molecular complexity index is 845. The van der Waals surface area contributed by atoms with Gasteiger partial charge in [0, 0.05) is 17.8 Å². The minimum absolute atomic E-state index is 0.263. The van der Waals surface area contributed by atoms with Crippen LogP contribution in [0.2, 0.25) is 70.5 Å². The van der Waals surface area contributed by atoms with Gasteiger partial charge in [0.05, 0.1) is 19.8 Å². The quantitative estimate of drug-likeness (QED) is 0.0321. The maximum absolute atomic E-state index is 11.2. The minimum atomic E-state index is -1.61. The van der Waals surface area contributed by atoms with Crippen molar-refractivity contribution in [2.45, 2.75) is 130 Å². The highest BCUT2D eigenvalue weighted by molar-refractivity contribution is 6.84. The average molecular weight is 721 g/mol. The van der Waals surface area contributed by atoms with Crippen LogP contribution in [0.4, 0.5) is 0 Å². The monoisotopic (exact) mass is 720 g/mol. The highest BCUT2D eigenvalue weighted by atomic mass is 28.4. The summed E-state index contributed by atoms with van der Waals surface area (Å²) in [5.74, 6) is -0.730. The largest absolute Gasteiger partial charge is 0.460 e. The zero-order chi connectivity index (χ0) is 36.2. The summed E-state index contributed by atoms with van der Waals surface area (Å²) in [6.07, 6.45) is 7.81. The number of ether oxygens (including phenoxy) is 4. The molecule has 0 aromatic carbocycles. The molecule has 0 aliphatic heterocycles. The number of carbonyl (C=O) groups is 2. The van der Waals surface area contributed by atoms with Crippen LogP contribution in [-0.4, -0.2) is 85.6 Å². The molecule has 12 heteroatoms. The number of carbonyl (C=O) groups excluding carboxylic acids is 2. The maximum atomic E-state index is 11.2. The molecule has 0 bridgehead atoms. The second-order valence-electron chi connectivity index (χ2n) is 13.7. The second kappa shape index (κ2) is 28.8. The molecule has 0 aromatic rings. The van der Waals surface area contributed by atoms with E-state index in [9.17, 15) is 9.59 Å². The van der Waals surface area contributed by atoms with E-state index < -0.39 is 34.0 Å². The van der Waals surface area contributed by atoms with Gasteiger partial charge < -0.3 is 27.2 Å². The molecule has 0 aliphatic rings. The van der Waals surface area contributed by atoms with Crippen molar-refractivity contribution in [3.63, 3.8) is 0 Å². The molecule has 0 fully saturated rings. The number of unbranched alkanes of at least 4 members (excludes halogenated alkanes) is 2. The van der Waals surface area contributed by atoms with Gasteiger partial charge >= 0.3 is 11.9 Å². The van der Waals surface area contributed by atoms with E-state index >= 15 is 0 Å². The lowest BCUT2D eigenvalue weighted by Gasteiger charge is -2.34. The van der Waals surface area contributed by atoms with Gasteiger partial charge in [0.25, 0.3) is 0 Å². The summed E-state index contributed by atoms with van der Waals surface area (Å²) in [6, 6.07) is 3.71. The molecule has 0 aromatic heterocycles. The molecule has 0 radical (unpaired) electrons. The topological polar surface area (TPSA) is 89.5 Å². The molecule has 0 spiro atoms. The molecular formula is C34H72O8Si4. The Labute approximate surface area is 288 Å². The van der Waals surface area contributed by atoms with E-state index in [1.165, 1.54) is 37.8 Å². The lowest BCUT2D eigenvalue weighted by atomic mass is 10.4. The normalized spacial score (nSPS) is 11.5. The van der Waals surface area contributed by atoms with Gasteiger partial charge in [-0.25, -0.2) is 9.59 Å². The number of rotatable bonds is 24. The zero-order valence-corrected chi connectivity index (χ0v) is 36.1. The SMILES string of the molecule is C=C(C)C(=O)OCCOCCC[Si](C)(C)O[Si](C)(C)CCCC.C=CCOCCOC(=O)C(=C)C.CCCC[Si](C)(C)O[SiH](C)C. The van der Waals surface area contributed by atoms with Crippen LogP contribution in [-0.2, 0) is 36.8 Å². The first-order chi connectivity index (χ1) is 21.3. The molecule has 8 nitrogen and oxygen atoms in total. The maximum Gasteiger partial charge on any atom is 0.333 e. The Morgan fingerprint density at radius 3 is 1.46 bits per heavy atom. The Balaban J connectivity index is -0.000000673. The van der Waals surface area contributed by atoms with E-state index in [0.29, 0.717) is 44.2 Å². The van der Waals surface area contributed by atoms with Gasteiger partial charge in [-0.3, -0.25) is 0 Å². The van der Waals surface area contributed by atoms with E-state index in [2.05, 4.69) is 86.0 Å². The Kier molecular flexibility index (Phi) is 30.9. The first kappa shape index (κ1) is 49.3. The lowest BCUT2D eigenvalue weighted by molar-refractivity contribution is -0.141. The summed E-state index contributed by atoms with van der Waals surface area (Å²) in [6.45, 7) is 39.2. The molecular weight excluding hydrogens is 649 g/mol. The van der Waals surface area contributed by atoms with Crippen molar-refractivity contribution in [3.8, 4) is 0 Å². The van der Waals surface area contributed by atoms with Crippen LogP contribution >= 0.6 is 0 Å². The molecule has 0 heterocycles. The molecule has 0 saturated heterocycles. The van der Waals surface area contributed by atoms with Crippen LogP contribution in [0.15, 0.2) is 37.0 Å². The third kappa shape index (κ3) is 35.7. The fourth-order valence-corrected chi connectivity index (χ4v) is 20.0. The van der Waals surface area contributed by atoms with Crippen molar-refractivity contribution in [2.75, 3.05) is 39.6 Å². The number of esters is 2. The molecule has 0 rings (SSSR count). The Hall–Kier alpha value is -1.13. The van der Waals surface area contributed by atoms with Crippen molar-refractivity contribution in [1.82, 2.24) is 0 Å². The summed E-state index contributed by atoms with van der Waals surface area (Å²) in [5.41, 5.74) is 0.823. The zero-order valence-electron chi connectivity index (χ0n) is 31.9. The van der Waals surface area contributed by atoms with Crippen LogP contribution in [0.25, 0.3) is 0 Å². The summed E-state index contributed by atoms with van der Waals surface area (Å²) >= 11 is 0. The number of hydrogen-bond acceptors (Lipinski definition) is 8. The van der Waals surface area contributed by atoms with E-state index in [1.54, 1.807) is 19.9 Å². The summed E-state index contributed by atoms with van der Waals surface area (Å²) in [4.78, 5) is 22.0. The fourth-order valence-electron chi connectivity index (χ4n) is 4.25. The van der Waals surface area contributed by atoms with Crippen LogP contribution < -0.4 is 0 Å². The van der Waals surface area contributed by atoms with E-state index in [0.717, 1.165) is 12.5 Å². The summed E-state index contributed by atoms with van der Waals surface area (Å²) < 4.78 is 32.8. The smallest absolute Gasteiger partial charge is 0.333 e. The van der Waals surface area contributed by atoms with Gasteiger partial charge in [0.15, 0.2) is 34.0 Å². The average Bonchev–Trinajstić information content (AvgIpc) is 2.93. The van der Waals surface area contributed by atoms with Crippen LogP contribution in [0.3, 0.4) is 0 Å². The highest BCUT2D eigenvalue weighted by Gasteiger charge is 2.32. The third-order valence-corrected chi connectivity index (χ3v) is 19.8. The summed E-state index contributed by atoms with van der Waals surface area (Å²) in [7, 11) is -5.12. The van der Waals surface area contributed by atoms with Gasteiger partial charge in [-0.05, 0) is 90.8 Å².